The van der Waals surface area contributed by atoms with Crippen LogP contribution in [0.15, 0.2) is 53.6 Å². The van der Waals surface area contributed by atoms with E-state index in [-0.39, 0.29) is 16.2 Å². The van der Waals surface area contributed by atoms with E-state index in [1.165, 1.54) is 42.2 Å². The quantitative estimate of drug-likeness (QED) is 0.573. The minimum Gasteiger partial charge on any atom is -0.495 e. The van der Waals surface area contributed by atoms with Crippen molar-refractivity contribution in [1.29, 1.82) is 0 Å². The summed E-state index contributed by atoms with van der Waals surface area (Å²) >= 11 is 5.84. The fourth-order valence-corrected chi connectivity index (χ4v) is 4.05. The number of halogens is 1. The first-order valence-corrected chi connectivity index (χ1v) is 10.7. The molecule has 0 bridgehead atoms. The number of carbonyl (C=O) groups excluding carboxylic acids is 1. The predicted molar refractivity (Wildman–Crippen MR) is 112 cm³/mol. The normalized spacial score (nSPS) is 12.3. The van der Waals surface area contributed by atoms with E-state index in [1.54, 1.807) is 32.3 Å². The van der Waals surface area contributed by atoms with Crippen LogP contribution in [0.25, 0.3) is 0 Å². The van der Waals surface area contributed by atoms with Crippen LogP contribution < -0.4 is 14.8 Å². The topological polar surface area (TPSA) is 115 Å². The summed E-state index contributed by atoms with van der Waals surface area (Å²) in [5.41, 5.74) is 1.06. The molecular weight excluding hydrogens is 430 g/mol. The van der Waals surface area contributed by atoms with Crippen LogP contribution in [-0.4, -0.2) is 36.4 Å². The highest BCUT2D eigenvalue weighted by molar-refractivity contribution is 7.92. The van der Waals surface area contributed by atoms with Crippen LogP contribution >= 0.6 is 11.6 Å². The molecule has 3 aromatic rings. The van der Waals surface area contributed by atoms with Gasteiger partial charge >= 0.3 is 0 Å². The second-order valence-corrected chi connectivity index (χ2v) is 8.52. The average Bonchev–Trinajstić information content (AvgIpc) is 3.15. The maximum Gasteiger partial charge on any atom is 0.265 e. The molecule has 0 fully saturated rings. The van der Waals surface area contributed by atoms with Gasteiger partial charge in [0.25, 0.3) is 15.9 Å². The Morgan fingerprint density at radius 3 is 2.50 bits per heavy atom. The smallest absolute Gasteiger partial charge is 0.265 e. The Labute approximate surface area is 179 Å². The molecule has 158 valence electrons. The van der Waals surface area contributed by atoms with E-state index in [0.717, 1.165) is 0 Å². The number of aryl methyl sites for hydroxylation is 1. The number of sulfonamides is 1. The zero-order chi connectivity index (χ0) is 21.9. The van der Waals surface area contributed by atoms with Gasteiger partial charge in [0.15, 0.2) is 0 Å². The van der Waals surface area contributed by atoms with Crippen molar-refractivity contribution < 1.29 is 17.9 Å². The summed E-state index contributed by atoms with van der Waals surface area (Å²) in [7, 11) is -0.999. The molecule has 0 spiro atoms. The number of amides is 1. The number of nitrogens with one attached hydrogen (secondary N) is 2. The highest BCUT2D eigenvalue weighted by Crippen LogP contribution is 2.27. The Bertz CT molecular complexity index is 1160. The first-order valence-electron chi connectivity index (χ1n) is 8.83. The van der Waals surface area contributed by atoms with Crippen molar-refractivity contribution in [3.8, 4) is 5.75 Å². The molecule has 11 heteroatoms. The summed E-state index contributed by atoms with van der Waals surface area (Å²) < 4.78 is 33.5. The zero-order valence-electron chi connectivity index (χ0n) is 16.5. The Morgan fingerprint density at radius 2 is 1.90 bits per heavy atom. The van der Waals surface area contributed by atoms with Gasteiger partial charge in [-0.15, -0.1) is 0 Å². The minimum absolute atomic E-state index is 0.106. The van der Waals surface area contributed by atoms with Gasteiger partial charge in [-0.25, -0.2) is 8.42 Å². The van der Waals surface area contributed by atoms with E-state index in [1.807, 2.05) is 0 Å². The second kappa shape index (κ2) is 8.72. The number of aromatic nitrogens is 3. The number of hydrogen-bond donors (Lipinski definition) is 2. The second-order valence-electron chi connectivity index (χ2n) is 6.43. The van der Waals surface area contributed by atoms with E-state index >= 15 is 0 Å². The van der Waals surface area contributed by atoms with Gasteiger partial charge in [0.1, 0.15) is 16.3 Å². The number of ether oxygens (including phenoxy) is 1. The van der Waals surface area contributed by atoms with E-state index in [0.29, 0.717) is 16.4 Å². The van der Waals surface area contributed by atoms with Crippen LogP contribution in [0.3, 0.4) is 0 Å². The molecule has 2 aromatic carbocycles. The third-order valence-electron chi connectivity index (χ3n) is 4.22. The minimum atomic E-state index is -4.03. The molecule has 1 amide bonds. The largest absolute Gasteiger partial charge is 0.495 e. The molecule has 30 heavy (non-hydrogen) atoms. The first kappa shape index (κ1) is 21.6. The first-order chi connectivity index (χ1) is 14.2. The van der Waals surface area contributed by atoms with E-state index in [4.69, 9.17) is 16.3 Å². The molecule has 0 saturated heterocycles. The lowest BCUT2D eigenvalue weighted by molar-refractivity contribution is 0.0938. The van der Waals surface area contributed by atoms with Crippen LogP contribution in [0.2, 0.25) is 5.02 Å². The Balaban J connectivity index is 1.87. The van der Waals surface area contributed by atoms with Crippen molar-refractivity contribution in [2.75, 3.05) is 11.8 Å². The third-order valence-corrected chi connectivity index (χ3v) is 5.87. The summed E-state index contributed by atoms with van der Waals surface area (Å²) in [6.07, 6.45) is 1.55. The summed E-state index contributed by atoms with van der Waals surface area (Å²) in [6, 6.07) is 9.95. The Morgan fingerprint density at radius 1 is 1.20 bits per heavy atom. The van der Waals surface area contributed by atoms with Crippen molar-refractivity contribution in [2.24, 2.45) is 7.05 Å². The number of carbonyl (C=O) groups is 1. The predicted octanol–water partition coefficient (Wildman–Crippen LogP) is 2.77. The Hall–Kier alpha value is -3.11. The summed E-state index contributed by atoms with van der Waals surface area (Å²) in [5.74, 6) is -0.353. The molecule has 1 aromatic heterocycles. The van der Waals surface area contributed by atoms with E-state index in [2.05, 4.69) is 20.2 Å². The zero-order valence-corrected chi connectivity index (χ0v) is 18.0. The summed E-state index contributed by atoms with van der Waals surface area (Å²) in [4.78, 5) is 13.9. The molecule has 0 unspecified atom stereocenters. The number of nitrogens with zero attached hydrogens (tertiary/aromatic N) is 3. The van der Waals surface area contributed by atoms with Crippen molar-refractivity contribution in [1.82, 2.24) is 20.3 Å². The number of rotatable bonds is 7. The fraction of sp³-hybridized carbons (Fsp3) is 0.211. The van der Waals surface area contributed by atoms with Crippen LogP contribution in [-0.2, 0) is 17.1 Å². The van der Waals surface area contributed by atoms with Crippen molar-refractivity contribution in [3.63, 3.8) is 0 Å². The number of methoxy groups -OCH3 is 1. The number of benzene rings is 2. The molecule has 0 aliphatic rings. The maximum atomic E-state index is 12.9. The van der Waals surface area contributed by atoms with Crippen molar-refractivity contribution in [2.45, 2.75) is 17.9 Å². The van der Waals surface area contributed by atoms with Crippen molar-refractivity contribution >= 4 is 33.2 Å². The molecule has 3 rings (SSSR count). The van der Waals surface area contributed by atoms with Gasteiger partial charge in [-0.3, -0.25) is 9.52 Å². The highest BCUT2D eigenvalue weighted by Gasteiger charge is 2.23. The molecule has 9 nitrogen and oxygen atoms in total. The monoisotopic (exact) mass is 449 g/mol. The van der Waals surface area contributed by atoms with Gasteiger partial charge in [-0.05, 0) is 49.4 Å². The molecule has 0 aliphatic carbocycles. The van der Waals surface area contributed by atoms with E-state index < -0.39 is 22.0 Å². The molecule has 0 aliphatic heterocycles. The van der Waals surface area contributed by atoms with Gasteiger partial charge in [-0.1, -0.05) is 11.6 Å². The summed E-state index contributed by atoms with van der Waals surface area (Å²) in [6.45, 7) is 1.76. The van der Waals surface area contributed by atoms with E-state index in [9.17, 15) is 13.2 Å². The number of hydrogen-bond acceptors (Lipinski definition) is 6. The lowest BCUT2D eigenvalue weighted by Gasteiger charge is -2.15. The van der Waals surface area contributed by atoms with Gasteiger partial charge in [0.05, 0.1) is 19.3 Å². The van der Waals surface area contributed by atoms with Crippen LogP contribution in [0.1, 0.15) is 29.0 Å². The van der Waals surface area contributed by atoms with Gasteiger partial charge in [0.2, 0.25) is 0 Å². The highest BCUT2D eigenvalue weighted by atomic mass is 35.5. The lowest BCUT2D eigenvalue weighted by atomic mass is 10.1. The molecule has 1 heterocycles. The molecule has 1 atom stereocenters. The van der Waals surface area contributed by atoms with Gasteiger partial charge in [-0.2, -0.15) is 15.0 Å². The van der Waals surface area contributed by atoms with Gasteiger partial charge in [0, 0.05) is 23.3 Å². The average molecular weight is 450 g/mol. The van der Waals surface area contributed by atoms with Crippen LogP contribution in [0.5, 0.6) is 5.75 Å². The Kier molecular flexibility index (Phi) is 6.28. The lowest BCUT2D eigenvalue weighted by Crippen LogP contribution is -2.27. The molecule has 0 saturated carbocycles. The third kappa shape index (κ3) is 4.89. The van der Waals surface area contributed by atoms with Crippen LogP contribution in [0, 0.1) is 0 Å². The SMILES string of the molecule is COc1ccc(C(=O)N[C@H](C)c2cnn(C)n2)cc1S(=O)(=O)Nc1ccc(Cl)cc1. The molecule has 2 N–H and O–H groups in total. The summed E-state index contributed by atoms with van der Waals surface area (Å²) in [5, 5.41) is 11.4. The van der Waals surface area contributed by atoms with Crippen molar-refractivity contribution in [3.05, 3.63) is 64.9 Å². The van der Waals surface area contributed by atoms with Gasteiger partial charge < -0.3 is 10.1 Å². The standard InChI is InChI=1S/C19H20ClN5O4S/c1-12(16-11-21-25(2)23-16)22-19(26)13-4-9-17(29-3)18(10-13)30(27,28)24-15-7-5-14(20)6-8-15/h4-12,24H,1-3H3,(H,22,26)/t12-/m1/s1. The fourth-order valence-electron chi connectivity index (χ4n) is 2.67. The maximum absolute atomic E-state index is 12.9. The van der Waals surface area contributed by atoms with Crippen LogP contribution in [0.4, 0.5) is 5.69 Å². The molecule has 0 radical (unpaired) electrons. The molecular formula is C19H20ClN5O4S. The number of anilines is 1.